The van der Waals surface area contributed by atoms with Crippen molar-refractivity contribution in [1.29, 1.82) is 0 Å². The minimum Gasteiger partial charge on any atom is -0.456 e. The van der Waals surface area contributed by atoms with Crippen LogP contribution in [0.5, 0.6) is 5.75 Å². The van der Waals surface area contributed by atoms with Gasteiger partial charge in [-0.05, 0) is 49.1 Å². The summed E-state index contributed by atoms with van der Waals surface area (Å²) in [4.78, 5) is 37.9. The van der Waals surface area contributed by atoms with E-state index < -0.39 is 41.1 Å². The van der Waals surface area contributed by atoms with Gasteiger partial charge in [0.1, 0.15) is 29.6 Å². The molecule has 0 aliphatic carbocycles. The molecule has 0 aliphatic heterocycles. The van der Waals surface area contributed by atoms with E-state index >= 15 is 0 Å². The van der Waals surface area contributed by atoms with Crippen molar-refractivity contribution in [3.63, 3.8) is 0 Å². The van der Waals surface area contributed by atoms with Gasteiger partial charge in [-0.25, -0.2) is 4.79 Å². The Morgan fingerprint density at radius 2 is 1.59 bits per heavy atom. The number of fused-ring (bicyclic) bond motifs is 3. The number of carbonyl (C=O) groups is 3. The second kappa shape index (κ2) is 13.9. The number of hydrogen-bond donors (Lipinski definition) is 3. The lowest BCUT2D eigenvalue weighted by Gasteiger charge is -2.22. The van der Waals surface area contributed by atoms with E-state index in [9.17, 15) is 18.6 Å². The Kier molecular flexibility index (Phi) is 10.1. The maximum Gasteiger partial charge on any atom is 0.408 e. The first kappa shape index (κ1) is 29.8. The van der Waals surface area contributed by atoms with Crippen LogP contribution < -0.4 is 19.5 Å². The third-order valence-corrected chi connectivity index (χ3v) is 6.98. The monoisotopic (exact) mass is 579 g/mol. The van der Waals surface area contributed by atoms with E-state index in [1.54, 1.807) is 18.2 Å². The highest BCUT2D eigenvalue weighted by Gasteiger charge is 2.26. The lowest BCUT2D eigenvalue weighted by Crippen LogP contribution is -2.52. The molecule has 3 atom stereocenters. The van der Waals surface area contributed by atoms with Crippen molar-refractivity contribution in [2.45, 2.75) is 45.9 Å². The van der Waals surface area contributed by atoms with Gasteiger partial charge in [0.25, 0.3) is 11.3 Å². The highest BCUT2D eigenvalue weighted by Crippen LogP contribution is 2.31. The van der Waals surface area contributed by atoms with Crippen molar-refractivity contribution in [2.24, 2.45) is 5.92 Å². The largest absolute Gasteiger partial charge is 0.456 e. The summed E-state index contributed by atoms with van der Waals surface area (Å²) in [5, 5.41) is 6.93. The lowest BCUT2D eigenvalue weighted by atomic mass is 10.0. The zero-order valence-corrected chi connectivity index (χ0v) is 23.9. The highest BCUT2D eigenvalue weighted by molar-refractivity contribution is 7.78. The molecule has 11 heteroatoms. The molecule has 4 aromatic rings. The fourth-order valence-electron chi connectivity index (χ4n) is 4.16. The number of ether oxygens (including phenoxy) is 1. The molecule has 216 valence electrons. The number of furan rings is 1. The fraction of sp³-hybridized carbons (Fsp3) is 0.300. The summed E-state index contributed by atoms with van der Waals surface area (Å²) in [6, 6.07) is 20.0. The number of rotatable bonds is 13. The molecule has 0 spiro atoms. The van der Waals surface area contributed by atoms with E-state index in [-0.39, 0.29) is 19.1 Å². The average molecular weight is 580 g/mol. The highest BCUT2D eigenvalue weighted by atomic mass is 32.2. The number of Topliss-reactive ketones (excluding diaryl/α,β-unsaturated/α-hetero) is 1. The predicted molar refractivity (Wildman–Crippen MR) is 156 cm³/mol. The van der Waals surface area contributed by atoms with Gasteiger partial charge >= 0.3 is 6.09 Å². The lowest BCUT2D eigenvalue weighted by molar-refractivity contribution is -0.128. The Morgan fingerprint density at radius 1 is 0.878 bits per heavy atom. The molecule has 1 aromatic heterocycles. The summed E-state index contributed by atoms with van der Waals surface area (Å²) in [5.74, 6) is -0.507. The molecular formula is C30H33N3O7S. The first-order valence-electron chi connectivity index (χ1n) is 13.2. The maximum absolute atomic E-state index is 12.9. The van der Waals surface area contributed by atoms with Crippen molar-refractivity contribution in [3.05, 3.63) is 78.4 Å². The molecule has 0 radical (unpaired) electrons. The van der Waals surface area contributed by atoms with Crippen LogP contribution in [0.25, 0.3) is 21.9 Å². The molecule has 41 heavy (non-hydrogen) atoms. The van der Waals surface area contributed by atoms with Crippen molar-refractivity contribution in [3.8, 4) is 5.75 Å². The van der Waals surface area contributed by atoms with E-state index in [0.29, 0.717) is 17.8 Å². The third-order valence-electron chi connectivity index (χ3n) is 6.25. The molecule has 0 saturated heterocycles. The van der Waals surface area contributed by atoms with Crippen molar-refractivity contribution >= 4 is 51.0 Å². The summed E-state index contributed by atoms with van der Waals surface area (Å²) in [6.07, 6.45) is -0.385. The molecule has 0 aliphatic rings. The molecule has 0 saturated carbocycles. The summed E-state index contributed by atoms with van der Waals surface area (Å²) in [7, 11) is 0. The van der Waals surface area contributed by atoms with E-state index in [4.69, 9.17) is 13.3 Å². The number of hydrogen-bond acceptors (Lipinski definition) is 7. The van der Waals surface area contributed by atoms with Gasteiger partial charge in [0.2, 0.25) is 5.91 Å². The number of benzene rings is 3. The Labute approximate surface area is 240 Å². The van der Waals surface area contributed by atoms with Crippen LogP contribution >= 0.6 is 0 Å². The average Bonchev–Trinajstić information content (AvgIpc) is 3.32. The molecule has 2 amide bonds. The van der Waals surface area contributed by atoms with Crippen LogP contribution in [0.3, 0.4) is 0 Å². The summed E-state index contributed by atoms with van der Waals surface area (Å²) in [5.41, 5.74) is 2.22. The Hall–Kier alpha value is -4.22. The van der Waals surface area contributed by atoms with Gasteiger partial charge in [0.15, 0.2) is 5.78 Å². The smallest absolute Gasteiger partial charge is 0.408 e. The predicted octanol–water partition coefficient (Wildman–Crippen LogP) is 4.55. The quantitative estimate of drug-likeness (QED) is 0.211. The normalized spacial score (nSPS) is 13.5. The molecule has 1 heterocycles. The van der Waals surface area contributed by atoms with Gasteiger partial charge in [-0.15, -0.1) is 0 Å². The molecule has 0 bridgehead atoms. The van der Waals surface area contributed by atoms with Crippen molar-refractivity contribution < 1.29 is 31.9 Å². The molecule has 0 fully saturated rings. The number of carbonyl (C=O) groups excluding carboxylic acids is 3. The minimum absolute atomic E-state index is 0.0645. The van der Waals surface area contributed by atoms with Gasteiger partial charge in [0.05, 0.1) is 12.6 Å². The molecule has 3 aromatic carbocycles. The summed E-state index contributed by atoms with van der Waals surface area (Å²) in [6.45, 7) is 5.10. The summed E-state index contributed by atoms with van der Waals surface area (Å²) >= 11 is -2.02. The van der Waals surface area contributed by atoms with Crippen molar-refractivity contribution in [1.82, 2.24) is 15.4 Å². The van der Waals surface area contributed by atoms with Crippen LogP contribution in [-0.2, 0) is 32.2 Å². The zero-order valence-electron chi connectivity index (χ0n) is 23.0. The van der Waals surface area contributed by atoms with Crippen LogP contribution in [0, 0.1) is 5.92 Å². The number of nitrogens with one attached hydrogen (secondary N) is 3. The van der Waals surface area contributed by atoms with Crippen LogP contribution in [0.1, 0.15) is 32.8 Å². The standard InChI is InChI=1S/C30H33N3O7S/c1-19(2)15-25(33-30(36)38-18-21-9-5-4-6-10-21)29(35)32-20(3)26(34)17-31-41(37)40-22-13-14-28-24(16-22)23-11-7-8-12-27(23)39-28/h4-14,16,19-20,25,31H,15,17-18H2,1-3H3,(H,32,35)(H,33,36). The topological polar surface area (TPSA) is 136 Å². The maximum atomic E-state index is 12.9. The first-order chi connectivity index (χ1) is 19.7. The van der Waals surface area contributed by atoms with Crippen LogP contribution in [-0.4, -0.2) is 40.6 Å². The zero-order chi connectivity index (χ0) is 29.4. The Morgan fingerprint density at radius 3 is 2.34 bits per heavy atom. The van der Waals surface area contributed by atoms with Crippen LogP contribution in [0.15, 0.2) is 77.2 Å². The minimum atomic E-state index is -2.02. The first-order valence-corrected chi connectivity index (χ1v) is 14.3. The van der Waals surface area contributed by atoms with Gasteiger partial charge in [-0.2, -0.15) is 8.93 Å². The number of para-hydroxylation sites is 1. The molecular weight excluding hydrogens is 546 g/mol. The van der Waals surface area contributed by atoms with Crippen LogP contribution in [0.4, 0.5) is 4.79 Å². The van der Waals surface area contributed by atoms with E-state index in [2.05, 4.69) is 15.4 Å². The van der Waals surface area contributed by atoms with Gasteiger partial charge in [-0.3, -0.25) is 9.59 Å². The Balaban J connectivity index is 1.26. The molecule has 10 nitrogen and oxygen atoms in total. The molecule has 4 rings (SSSR count). The van der Waals surface area contributed by atoms with Crippen molar-refractivity contribution in [2.75, 3.05) is 6.54 Å². The van der Waals surface area contributed by atoms with E-state index in [0.717, 1.165) is 21.9 Å². The van der Waals surface area contributed by atoms with Gasteiger partial charge in [0, 0.05) is 10.8 Å². The number of alkyl carbamates (subject to hydrolysis) is 1. The van der Waals surface area contributed by atoms with Gasteiger partial charge in [-0.1, -0.05) is 62.4 Å². The second-order valence-electron chi connectivity index (χ2n) is 9.98. The van der Waals surface area contributed by atoms with Gasteiger partial charge < -0.3 is 24.0 Å². The molecule has 3 N–H and O–H groups in total. The van der Waals surface area contributed by atoms with E-state index in [1.807, 2.05) is 68.4 Å². The SMILES string of the molecule is CC(C)CC(NC(=O)OCc1ccccc1)C(=O)NC(C)C(=O)CNS(=O)Oc1ccc2oc3ccccc3c2c1. The molecule has 3 unspecified atom stereocenters. The third kappa shape index (κ3) is 8.38. The van der Waals surface area contributed by atoms with Crippen LogP contribution in [0.2, 0.25) is 0 Å². The second-order valence-corrected chi connectivity index (χ2v) is 10.9. The number of ketones is 1. The summed E-state index contributed by atoms with van der Waals surface area (Å²) < 4.78 is 31.5. The number of amides is 2. The fourth-order valence-corrected chi connectivity index (χ4v) is 4.76. The van der Waals surface area contributed by atoms with E-state index in [1.165, 1.54) is 6.92 Å². The Bertz CT molecular complexity index is 1540.